The molecule has 0 saturated heterocycles. The quantitative estimate of drug-likeness (QED) is 0.728. The van der Waals surface area contributed by atoms with Crippen molar-refractivity contribution >= 4 is 16.8 Å². The molecule has 1 saturated carbocycles. The topological polar surface area (TPSA) is 44.9 Å². The summed E-state index contributed by atoms with van der Waals surface area (Å²) in [5.74, 6) is 0.0127. The minimum atomic E-state index is -0.198. The lowest BCUT2D eigenvalue weighted by Gasteiger charge is -2.43. The lowest BCUT2D eigenvalue weighted by Crippen LogP contribution is -2.50. The van der Waals surface area contributed by atoms with E-state index in [2.05, 4.69) is 36.3 Å². The van der Waals surface area contributed by atoms with Crippen LogP contribution in [0.2, 0.25) is 0 Å². The number of nitrogens with one attached hydrogen (secondary N) is 2. The zero-order valence-electron chi connectivity index (χ0n) is 14.1. The lowest BCUT2D eigenvalue weighted by atomic mass is 9.71. The maximum atomic E-state index is 12.9. The maximum absolute atomic E-state index is 12.9. The smallest absolute Gasteiger partial charge is 0.251 e. The van der Waals surface area contributed by atoms with Gasteiger partial charge < -0.3 is 10.3 Å². The van der Waals surface area contributed by atoms with E-state index in [0.29, 0.717) is 0 Å². The molecule has 1 fully saturated rings. The van der Waals surface area contributed by atoms with E-state index in [1.807, 2.05) is 36.4 Å². The van der Waals surface area contributed by atoms with Gasteiger partial charge in [-0.25, -0.2) is 0 Å². The Morgan fingerprint density at radius 3 is 2.50 bits per heavy atom. The van der Waals surface area contributed by atoms with Crippen molar-refractivity contribution < 1.29 is 4.79 Å². The van der Waals surface area contributed by atoms with E-state index in [-0.39, 0.29) is 11.4 Å². The molecule has 0 aliphatic heterocycles. The number of hydrogen-bond donors (Lipinski definition) is 2. The molecule has 0 atom stereocenters. The van der Waals surface area contributed by atoms with Gasteiger partial charge in [-0.05, 0) is 62.4 Å². The Morgan fingerprint density at radius 1 is 1.08 bits per heavy atom. The van der Waals surface area contributed by atoms with Crippen LogP contribution in [-0.4, -0.2) is 10.9 Å². The fraction of sp³-hybridized carbons (Fsp3) is 0.286. The van der Waals surface area contributed by atoms with Gasteiger partial charge in [-0.15, -0.1) is 0 Å². The summed E-state index contributed by atoms with van der Waals surface area (Å²) in [4.78, 5) is 16.2. The predicted molar refractivity (Wildman–Crippen MR) is 97.2 cm³/mol. The average Bonchev–Trinajstić information content (AvgIpc) is 2.86. The van der Waals surface area contributed by atoms with Crippen LogP contribution in [0.1, 0.15) is 46.4 Å². The highest BCUT2D eigenvalue weighted by atomic mass is 16.1. The number of aromatic amines is 1. The molecule has 0 radical (unpaired) electrons. The van der Waals surface area contributed by atoms with Crippen LogP contribution in [0.3, 0.4) is 0 Å². The van der Waals surface area contributed by atoms with Crippen LogP contribution in [0, 0.1) is 13.8 Å². The predicted octanol–water partition coefficient (Wildman–Crippen LogP) is 4.59. The number of benzene rings is 2. The number of rotatable bonds is 3. The highest BCUT2D eigenvalue weighted by Gasteiger charge is 2.40. The van der Waals surface area contributed by atoms with Gasteiger partial charge >= 0.3 is 0 Å². The summed E-state index contributed by atoms with van der Waals surface area (Å²) in [7, 11) is 0. The molecule has 2 N–H and O–H groups in total. The number of H-pyrrole nitrogens is 1. The van der Waals surface area contributed by atoms with Gasteiger partial charge in [0.05, 0.1) is 5.54 Å². The highest BCUT2D eigenvalue weighted by molar-refractivity contribution is 5.99. The van der Waals surface area contributed by atoms with Crippen LogP contribution in [0.5, 0.6) is 0 Å². The second kappa shape index (κ2) is 5.52. The monoisotopic (exact) mass is 318 g/mol. The fourth-order valence-corrected chi connectivity index (χ4v) is 3.67. The Labute approximate surface area is 142 Å². The zero-order chi connectivity index (χ0) is 16.7. The number of amides is 1. The summed E-state index contributed by atoms with van der Waals surface area (Å²) in [5, 5.41) is 4.43. The molecule has 122 valence electrons. The van der Waals surface area contributed by atoms with Gasteiger partial charge in [0.15, 0.2) is 0 Å². The third-order valence-corrected chi connectivity index (χ3v) is 5.46. The van der Waals surface area contributed by atoms with Crippen molar-refractivity contribution in [1.82, 2.24) is 10.3 Å². The first kappa shape index (κ1) is 15.0. The highest BCUT2D eigenvalue weighted by Crippen LogP contribution is 2.41. The number of fused-ring (bicyclic) bond motifs is 1. The van der Waals surface area contributed by atoms with Gasteiger partial charge in [0.1, 0.15) is 0 Å². The largest absolute Gasteiger partial charge is 0.358 e. The molecule has 1 heterocycles. The number of carbonyl (C=O) groups is 1. The molecule has 1 aliphatic carbocycles. The van der Waals surface area contributed by atoms with Gasteiger partial charge in [-0.1, -0.05) is 30.3 Å². The fourth-order valence-electron chi connectivity index (χ4n) is 3.67. The molecule has 3 nitrogen and oxygen atoms in total. The Kier molecular flexibility index (Phi) is 3.45. The van der Waals surface area contributed by atoms with Crippen molar-refractivity contribution in [2.24, 2.45) is 0 Å². The van der Waals surface area contributed by atoms with E-state index in [4.69, 9.17) is 0 Å². The van der Waals surface area contributed by atoms with Gasteiger partial charge in [0.2, 0.25) is 0 Å². The standard InChI is InChI=1S/C21H22N2O/c1-14-15(2)22-19-10-9-16(13-18(14)19)20(24)23-21(11-6-12-21)17-7-4-3-5-8-17/h3-5,7-10,13,22H,6,11-12H2,1-2H3,(H,23,24). The zero-order valence-corrected chi connectivity index (χ0v) is 14.1. The summed E-state index contributed by atoms with van der Waals surface area (Å²) in [6, 6.07) is 16.2. The molecule has 2 aromatic carbocycles. The molecule has 1 aliphatic rings. The van der Waals surface area contributed by atoms with E-state index >= 15 is 0 Å². The molecule has 3 aromatic rings. The molecule has 3 heteroatoms. The number of aromatic nitrogens is 1. The number of aryl methyl sites for hydroxylation is 2. The molecular formula is C21H22N2O. The van der Waals surface area contributed by atoms with E-state index < -0.39 is 0 Å². The van der Waals surface area contributed by atoms with Crippen molar-refractivity contribution in [2.45, 2.75) is 38.6 Å². The van der Waals surface area contributed by atoms with Crippen molar-refractivity contribution in [3.63, 3.8) is 0 Å². The van der Waals surface area contributed by atoms with Crippen molar-refractivity contribution in [2.75, 3.05) is 0 Å². The molecule has 0 bridgehead atoms. The van der Waals surface area contributed by atoms with Gasteiger partial charge in [-0.3, -0.25) is 4.79 Å². The molecule has 4 rings (SSSR count). The van der Waals surface area contributed by atoms with Crippen LogP contribution in [-0.2, 0) is 5.54 Å². The second-order valence-corrected chi connectivity index (χ2v) is 6.89. The summed E-state index contributed by atoms with van der Waals surface area (Å²) in [5.41, 5.74) is 5.19. The Balaban J connectivity index is 1.65. The van der Waals surface area contributed by atoms with Crippen LogP contribution < -0.4 is 5.32 Å². The van der Waals surface area contributed by atoms with Crippen LogP contribution >= 0.6 is 0 Å². The van der Waals surface area contributed by atoms with E-state index in [1.165, 1.54) is 11.1 Å². The molecule has 24 heavy (non-hydrogen) atoms. The van der Waals surface area contributed by atoms with Crippen LogP contribution in [0.25, 0.3) is 10.9 Å². The third kappa shape index (κ3) is 2.32. The molecule has 1 aromatic heterocycles. The van der Waals surface area contributed by atoms with Crippen LogP contribution in [0.4, 0.5) is 0 Å². The Bertz CT molecular complexity index is 904. The van der Waals surface area contributed by atoms with E-state index in [9.17, 15) is 4.79 Å². The number of hydrogen-bond acceptors (Lipinski definition) is 1. The van der Waals surface area contributed by atoms with Gasteiger partial charge in [-0.2, -0.15) is 0 Å². The Morgan fingerprint density at radius 2 is 1.83 bits per heavy atom. The maximum Gasteiger partial charge on any atom is 0.251 e. The first-order chi connectivity index (χ1) is 11.6. The van der Waals surface area contributed by atoms with Gasteiger partial charge in [0, 0.05) is 22.2 Å². The number of carbonyl (C=O) groups excluding carboxylic acids is 1. The summed E-state index contributed by atoms with van der Waals surface area (Å²) in [6.07, 6.45) is 3.17. The van der Waals surface area contributed by atoms with E-state index in [0.717, 1.165) is 41.4 Å². The third-order valence-electron chi connectivity index (χ3n) is 5.46. The van der Waals surface area contributed by atoms with Crippen molar-refractivity contribution in [1.29, 1.82) is 0 Å². The molecule has 0 spiro atoms. The molecular weight excluding hydrogens is 296 g/mol. The molecule has 0 unspecified atom stereocenters. The minimum Gasteiger partial charge on any atom is -0.358 e. The summed E-state index contributed by atoms with van der Waals surface area (Å²) >= 11 is 0. The first-order valence-electron chi connectivity index (χ1n) is 8.56. The average molecular weight is 318 g/mol. The summed E-state index contributed by atoms with van der Waals surface area (Å²) < 4.78 is 0. The van der Waals surface area contributed by atoms with E-state index in [1.54, 1.807) is 0 Å². The first-order valence-corrected chi connectivity index (χ1v) is 8.56. The summed E-state index contributed by atoms with van der Waals surface area (Å²) in [6.45, 7) is 4.15. The Hall–Kier alpha value is -2.55. The lowest BCUT2D eigenvalue weighted by molar-refractivity contribution is 0.0823. The van der Waals surface area contributed by atoms with Crippen molar-refractivity contribution in [3.8, 4) is 0 Å². The minimum absolute atomic E-state index is 0.0127. The van der Waals surface area contributed by atoms with Gasteiger partial charge in [0.25, 0.3) is 5.91 Å². The van der Waals surface area contributed by atoms with Crippen molar-refractivity contribution in [3.05, 3.63) is 70.9 Å². The molecule has 1 amide bonds. The normalized spacial score (nSPS) is 15.9. The second-order valence-electron chi connectivity index (χ2n) is 6.89. The SMILES string of the molecule is Cc1[nH]c2ccc(C(=O)NC3(c4ccccc4)CCC3)cc2c1C. The van der Waals surface area contributed by atoms with Crippen LogP contribution in [0.15, 0.2) is 48.5 Å².